The number of hydrogen-bond acceptors (Lipinski definition) is 11. The van der Waals surface area contributed by atoms with E-state index in [9.17, 15) is 38.7 Å². The number of hydrogen-bond donors (Lipinski definition) is 11. The summed E-state index contributed by atoms with van der Waals surface area (Å²) in [5.41, 5.74) is 18.0. The van der Waals surface area contributed by atoms with Gasteiger partial charge in [-0.2, -0.15) is 0 Å². The molecule has 0 aliphatic carbocycles. The molecule has 1 fully saturated rings. The Morgan fingerprint density at radius 3 is 1.58 bits per heavy atom. The minimum atomic E-state index is -1.42. The Hall–Kier alpha value is -4.65. The third-order valence-corrected chi connectivity index (χ3v) is 8.48. The Morgan fingerprint density at radius 2 is 1.08 bits per heavy atom. The Labute approximate surface area is 310 Å². The number of nitrogens with one attached hydrogen (secondary N) is 7. The first-order valence-electron chi connectivity index (χ1n) is 18.1. The minimum absolute atomic E-state index is 0.0145. The number of benzene rings is 1. The molecule has 0 spiro atoms. The van der Waals surface area contributed by atoms with Crippen LogP contribution < -0.4 is 54.4 Å². The number of amides is 7. The minimum Gasteiger partial charge on any atom is -0.391 e. The second-order valence-corrected chi connectivity index (χ2v) is 13.5. The quantitative estimate of drug-likeness (QED) is 0.106. The van der Waals surface area contributed by atoms with E-state index in [0.717, 1.165) is 0 Å². The van der Waals surface area contributed by atoms with Crippen molar-refractivity contribution in [1.82, 2.24) is 37.2 Å². The van der Waals surface area contributed by atoms with Gasteiger partial charge in [-0.05, 0) is 70.1 Å². The van der Waals surface area contributed by atoms with Crippen molar-refractivity contribution in [2.75, 3.05) is 26.2 Å². The van der Waals surface area contributed by atoms with Crippen LogP contribution in [0, 0.1) is 5.92 Å². The van der Waals surface area contributed by atoms with Crippen LogP contribution >= 0.6 is 0 Å². The summed E-state index contributed by atoms with van der Waals surface area (Å²) in [5, 5.41) is 28.6. The smallest absolute Gasteiger partial charge is 0.245 e. The molecule has 1 aromatic carbocycles. The molecule has 1 aliphatic rings. The first-order chi connectivity index (χ1) is 25.2. The molecule has 2 rings (SSSR count). The number of aliphatic hydroxyl groups is 1. The fourth-order valence-electron chi connectivity index (χ4n) is 5.65. The van der Waals surface area contributed by atoms with Crippen LogP contribution in [0.2, 0.25) is 0 Å². The maximum absolute atomic E-state index is 13.9. The van der Waals surface area contributed by atoms with Crippen LogP contribution in [-0.2, 0) is 40.0 Å². The first-order valence-corrected chi connectivity index (χ1v) is 18.1. The third-order valence-electron chi connectivity index (χ3n) is 8.48. The van der Waals surface area contributed by atoms with Crippen molar-refractivity contribution in [2.24, 2.45) is 23.1 Å². The van der Waals surface area contributed by atoms with Crippen LogP contribution in [0.15, 0.2) is 30.3 Å². The van der Waals surface area contributed by atoms with Crippen molar-refractivity contribution in [2.45, 2.75) is 108 Å². The molecule has 0 bridgehead atoms. The molecule has 7 amide bonds. The molecule has 53 heavy (non-hydrogen) atoms. The van der Waals surface area contributed by atoms with Crippen molar-refractivity contribution >= 4 is 41.4 Å². The van der Waals surface area contributed by atoms with Crippen molar-refractivity contribution in [1.29, 1.82) is 0 Å². The summed E-state index contributed by atoms with van der Waals surface area (Å²) in [6, 6.07) is 1.56. The fourth-order valence-corrected chi connectivity index (χ4v) is 5.65. The number of rotatable bonds is 11. The molecule has 0 saturated carbocycles. The van der Waals surface area contributed by atoms with Gasteiger partial charge >= 0.3 is 0 Å². The van der Waals surface area contributed by atoms with E-state index >= 15 is 0 Å². The number of aliphatic hydroxyl groups excluding tert-OH is 1. The predicted octanol–water partition coefficient (Wildman–Crippen LogP) is -3.48. The number of carbonyl (C=O) groups is 7. The summed E-state index contributed by atoms with van der Waals surface area (Å²) in [5.74, 6) is -4.98. The molecule has 0 unspecified atom stereocenters. The highest BCUT2D eigenvalue weighted by atomic mass is 16.3. The summed E-state index contributed by atoms with van der Waals surface area (Å²) in [7, 11) is 0. The summed E-state index contributed by atoms with van der Waals surface area (Å²) < 4.78 is 0. The Kier molecular flexibility index (Phi) is 19.4. The molecule has 14 N–H and O–H groups in total. The van der Waals surface area contributed by atoms with Gasteiger partial charge in [0.25, 0.3) is 0 Å². The molecule has 296 valence electrons. The molecule has 18 nitrogen and oxygen atoms in total. The van der Waals surface area contributed by atoms with Gasteiger partial charge in [0.2, 0.25) is 41.4 Å². The van der Waals surface area contributed by atoms with Crippen molar-refractivity contribution < 1.29 is 38.7 Å². The van der Waals surface area contributed by atoms with Gasteiger partial charge in [-0.3, -0.25) is 33.6 Å². The van der Waals surface area contributed by atoms with E-state index < -0.39 is 83.7 Å². The van der Waals surface area contributed by atoms with Gasteiger partial charge in [-0.1, -0.05) is 44.2 Å². The molecular weight excluding hydrogens is 688 g/mol. The van der Waals surface area contributed by atoms with Gasteiger partial charge in [0, 0.05) is 19.4 Å². The van der Waals surface area contributed by atoms with Crippen LogP contribution in [0.25, 0.3) is 0 Å². The Morgan fingerprint density at radius 1 is 0.623 bits per heavy atom. The summed E-state index contributed by atoms with van der Waals surface area (Å²) in [4.78, 5) is 94.0. The molecule has 1 aromatic rings. The SMILES string of the molecule is CC(C)C[C@@H]1NC(=O)[C@@H](Cc2ccccc2)NC(=O)[C@H](CCN)NC(=O)CCCNC(=O)[C@H]([C@@H](C)O)NC(=O)[C@H](CCN)NC(=O)[C@H](CCN)NC1=O. The Balaban J connectivity index is 2.54. The zero-order chi connectivity index (χ0) is 39.5. The molecule has 18 heteroatoms. The van der Waals surface area contributed by atoms with Gasteiger partial charge in [-0.25, -0.2) is 0 Å². The van der Waals surface area contributed by atoms with E-state index in [2.05, 4.69) is 37.2 Å². The lowest BCUT2D eigenvalue weighted by Crippen LogP contribution is -2.61. The largest absolute Gasteiger partial charge is 0.391 e. The molecule has 0 aromatic heterocycles. The standard InChI is InChI=1S/C35H58N10O8/c1-20(2)18-26-33(51)42-24(12-15-37)31(49)41-25(13-16-38)32(50)45-29(21(3)46)35(53)39-17-7-10-28(47)40-23(11-14-36)30(48)44-27(34(52)43-26)19-22-8-5-4-6-9-22/h4-6,8-9,20-21,23-27,29,46H,7,10-19,36-38H2,1-3H3,(H,39,53)(H,40,47)(H,41,49)(H,42,51)(H,43,52)(H,44,48)(H,45,50)/t21-,23+,24+,25+,26+,27-,29+/m1/s1. The molecule has 7 atom stereocenters. The van der Waals surface area contributed by atoms with Crippen molar-refractivity contribution in [3.63, 3.8) is 0 Å². The Bertz CT molecular complexity index is 1380. The van der Waals surface area contributed by atoms with Crippen molar-refractivity contribution in [3.8, 4) is 0 Å². The van der Waals surface area contributed by atoms with E-state index in [0.29, 0.717) is 5.56 Å². The maximum atomic E-state index is 13.9. The number of nitrogens with two attached hydrogens (primary N) is 3. The summed E-state index contributed by atoms with van der Waals surface area (Å²) >= 11 is 0. The zero-order valence-corrected chi connectivity index (χ0v) is 30.8. The molecule has 1 aliphatic heterocycles. The van der Waals surface area contributed by atoms with E-state index in [1.54, 1.807) is 30.3 Å². The van der Waals surface area contributed by atoms with Gasteiger partial charge in [0.15, 0.2) is 0 Å². The van der Waals surface area contributed by atoms with Crippen LogP contribution in [0.1, 0.15) is 64.9 Å². The first kappa shape index (κ1) is 44.5. The highest BCUT2D eigenvalue weighted by Gasteiger charge is 2.34. The van der Waals surface area contributed by atoms with Gasteiger partial charge < -0.3 is 59.5 Å². The van der Waals surface area contributed by atoms with E-state index in [1.807, 2.05) is 13.8 Å². The van der Waals surface area contributed by atoms with Crippen LogP contribution in [-0.4, -0.2) is 115 Å². The predicted molar refractivity (Wildman–Crippen MR) is 196 cm³/mol. The van der Waals surface area contributed by atoms with Gasteiger partial charge in [-0.15, -0.1) is 0 Å². The molecule has 0 radical (unpaired) electrons. The molecular formula is C35H58N10O8. The van der Waals surface area contributed by atoms with Gasteiger partial charge in [0.1, 0.15) is 36.3 Å². The second kappa shape index (κ2) is 23.1. The molecule has 1 saturated heterocycles. The lowest BCUT2D eigenvalue weighted by Gasteiger charge is -2.28. The highest BCUT2D eigenvalue weighted by Crippen LogP contribution is 2.10. The zero-order valence-electron chi connectivity index (χ0n) is 30.8. The van der Waals surface area contributed by atoms with E-state index in [-0.39, 0.29) is 77.0 Å². The maximum Gasteiger partial charge on any atom is 0.245 e. The average molecular weight is 747 g/mol. The van der Waals surface area contributed by atoms with E-state index in [4.69, 9.17) is 17.2 Å². The van der Waals surface area contributed by atoms with Crippen LogP contribution in [0.4, 0.5) is 0 Å². The molecule has 1 heterocycles. The van der Waals surface area contributed by atoms with E-state index in [1.165, 1.54) is 6.92 Å². The monoisotopic (exact) mass is 746 g/mol. The highest BCUT2D eigenvalue weighted by molar-refractivity contribution is 5.97. The number of carbonyl (C=O) groups excluding carboxylic acids is 7. The average Bonchev–Trinajstić information content (AvgIpc) is 3.10. The topological polar surface area (TPSA) is 302 Å². The van der Waals surface area contributed by atoms with Crippen molar-refractivity contribution in [3.05, 3.63) is 35.9 Å². The lowest BCUT2D eigenvalue weighted by molar-refractivity contribution is -0.136. The normalized spacial score (nSPS) is 25.5. The summed E-state index contributed by atoms with van der Waals surface area (Å²) in [6.07, 6.45) is -1.12. The second-order valence-electron chi connectivity index (χ2n) is 13.5. The fraction of sp³-hybridized carbons (Fsp3) is 0.629. The lowest BCUT2D eigenvalue weighted by atomic mass is 10.00. The van der Waals surface area contributed by atoms with Crippen LogP contribution in [0.3, 0.4) is 0 Å². The van der Waals surface area contributed by atoms with Gasteiger partial charge in [0.05, 0.1) is 6.10 Å². The third kappa shape index (κ3) is 15.5. The summed E-state index contributed by atoms with van der Waals surface area (Å²) in [6.45, 7) is 4.95. The van der Waals surface area contributed by atoms with Crippen LogP contribution in [0.5, 0.6) is 0 Å².